The van der Waals surface area contributed by atoms with Crippen LogP contribution in [0.4, 0.5) is 4.39 Å². The monoisotopic (exact) mass is 802 g/mol. The molecule has 0 saturated heterocycles. The first kappa shape index (κ1) is 37.0. The van der Waals surface area contributed by atoms with E-state index < -0.39 is 34.2 Å². The van der Waals surface area contributed by atoms with Gasteiger partial charge >= 0.3 is 34.2 Å². The Morgan fingerprint density at radius 2 is 0.444 bits per heavy atom. The van der Waals surface area contributed by atoms with Gasteiger partial charge in [-0.15, -0.1) is 0 Å². The molecular weight excluding hydrogens is 752 g/mol. The van der Waals surface area contributed by atoms with Crippen LogP contribution >= 0.6 is 0 Å². The van der Waals surface area contributed by atoms with Crippen molar-refractivity contribution in [1.82, 2.24) is 0 Å². The summed E-state index contributed by atoms with van der Waals surface area (Å²) in [6.07, 6.45) is 2.61. The van der Waals surface area contributed by atoms with Crippen molar-refractivity contribution in [1.29, 1.82) is 0 Å². The van der Waals surface area contributed by atoms with E-state index in [1.54, 1.807) is 0 Å². The molecule has 0 radical (unpaired) electrons. The van der Waals surface area contributed by atoms with Crippen molar-refractivity contribution in [3.8, 4) is 46.0 Å². The summed E-state index contributed by atoms with van der Waals surface area (Å²) in [4.78, 5) is 0. The van der Waals surface area contributed by atoms with Crippen molar-refractivity contribution in [2.75, 3.05) is 7.18 Å². The Hall–Kier alpha value is -3.92. The molecule has 0 aromatic heterocycles. The fourth-order valence-electron chi connectivity index (χ4n) is 8.76. The Bertz CT molecular complexity index is 1840. The van der Waals surface area contributed by atoms with Crippen LogP contribution in [-0.2, 0) is 25.7 Å². The first-order chi connectivity index (χ1) is 25.3. The van der Waals surface area contributed by atoms with E-state index in [1.807, 2.05) is 0 Å². The van der Waals surface area contributed by atoms with Gasteiger partial charge in [-0.1, -0.05) is 0 Å². The van der Waals surface area contributed by atoms with E-state index in [9.17, 15) is 4.39 Å². The summed E-state index contributed by atoms with van der Waals surface area (Å²) in [6.45, 7) is 25.4. The van der Waals surface area contributed by atoms with Crippen molar-refractivity contribution in [3.05, 3.63) is 91.0 Å². The van der Waals surface area contributed by atoms with Crippen LogP contribution < -0.4 is 35.4 Å². The summed E-state index contributed by atoms with van der Waals surface area (Å²) in [7, 11) is -10.6. The fourth-order valence-corrected chi connectivity index (χ4v) is 15.1. The van der Waals surface area contributed by atoms with Crippen LogP contribution in [-0.4, -0.2) is 41.4 Å². The Balaban J connectivity index is 0.00000203. The SMILES string of the molecule is CF.Cc1c2c3cc4c1O[Si](C)(C)Oc1c(cc5c(c1C)O[Si](C)(C)Oc1c(cc6c(c1C)O[Si](C)(C)Oc1c(cc(c(c1C)O[Si](C)(C)O2)C3)C6)C5)C4. The predicted octanol–water partition coefficient (Wildman–Crippen LogP) is 10.1. The molecule has 4 aliphatic heterocycles. The van der Waals surface area contributed by atoms with Crippen molar-refractivity contribution >= 4 is 34.2 Å². The van der Waals surface area contributed by atoms with Crippen molar-refractivity contribution < 1.29 is 39.8 Å². The quantitative estimate of drug-likeness (QED) is 0.143. The van der Waals surface area contributed by atoms with Crippen LogP contribution in [0.1, 0.15) is 66.8 Å². The van der Waals surface area contributed by atoms with E-state index in [4.69, 9.17) is 35.4 Å². The lowest BCUT2D eigenvalue weighted by atomic mass is 9.88. The summed E-state index contributed by atoms with van der Waals surface area (Å²) in [5, 5.41) is 0. The maximum absolute atomic E-state index is 9.50. The molecule has 0 spiro atoms. The van der Waals surface area contributed by atoms with Gasteiger partial charge in [0.1, 0.15) is 46.0 Å². The van der Waals surface area contributed by atoms with Gasteiger partial charge < -0.3 is 35.4 Å². The largest absolute Gasteiger partial charge is 0.511 e. The van der Waals surface area contributed by atoms with Crippen LogP contribution in [0.15, 0.2) is 24.3 Å². The Morgan fingerprint density at radius 1 is 0.315 bits per heavy atom. The third-order valence-electron chi connectivity index (χ3n) is 10.8. The molecule has 1 aliphatic carbocycles. The minimum Gasteiger partial charge on any atom is -0.511 e. The topological polar surface area (TPSA) is 73.8 Å². The molecule has 0 amide bonds. The van der Waals surface area contributed by atoms with E-state index in [-0.39, 0.29) is 0 Å². The minimum absolute atomic E-state index is 0.500. The number of benzene rings is 4. The molecule has 54 heavy (non-hydrogen) atoms. The molecule has 0 N–H and O–H groups in total. The van der Waals surface area contributed by atoms with E-state index in [2.05, 4.69) is 104 Å². The van der Waals surface area contributed by atoms with Crippen molar-refractivity contribution in [2.45, 2.75) is 106 Å². The highest BCUT2D eigenvalue weighted by molar-refractivity contribution is 6.67. The summed E-state index contributed by atoms with van der Waals surface area (Å²) in [5.41, 5.74) is 13.1. The molecule has 0 unspecified atom stereocenters. The third-order valence-corrected chi connectivity index (χ3v) is 16.3. The molecule has 8 bridgehead atoms. The van der Waals surface area contributed by atoms with Crippen LogP contribution in [0.2, 0.25) is 52.4 Å². The highest BCUT2D eigenvalue weighted by Crippen LogP contribution is 2.51. The second-order valence-corrected chi connectivity index (χ2v) is 29.9. The summed E-state index contributed by atoms with van der Waals surface area (Å²) >= 11 is 0. The molecule has 8 nitrogen and oxygen atoms in total. The minimum atomic E-state index is -2.77. The molecule has 13 heteroatoms. The Labute approximate surface area is 322 Å². The smallest absolute Gasteiger partial charge is 0.454 e. The standard InChI is InChI=1S/C40H48O8Si4.CH3F/c1-21-33-25-13-26-18-28-15-30-20-32-16-31-19-29-14-27(17-25)35(43-49(5,6)41-33)22(2)37(29)45-51(9,10)47-39(31)24(4)40(32)48-52(11,12)46-38(30)23(3)36(28)44-50(7,8)42-34(21)26;1-2/h13-16H,17-20H2,1-12H3;1H3. The lowest BCUT2D eigenvalue weighted by Crippen LogP contribution is -2.46. The Kier molecular flexibility index (Phi) is 8.43. The molecule has 4 heterocycles. The van der Waals surface area contributed by atoms with Crippen LogP contribution in [0.3, 0.4) is 0 Å². The van der Waals surface area contributed by atoms with Crippen molar-refractivity contribution in [2.24, 2.45) is 0 Å². The zero-order valence-electron chi connectivity index (χ0n) is 33.8. The lowest BCUT2D eigenvalue weighted by Gasteiger charge is -2.38. The zero-order valence-corrected chi connectivity index (χ0v) is 37.8. The van der Waals surface area contributed by atoms with Gasteiger partial charge in [0.25, 0.3) is 0 Å². The van der Waals surface area contributed by atoms with Crippen molar-refractivity contribution in [3.63, 3.8) is 0 Å². The van der Waals surface area contributed by atoms with E-state index in [0.717, 1.165) is 113 Å². The first-order valence-electron chi connectivity index (χ1n) is 18.8. The van der Waals surface area contributed by atoms with Gasteiger partial charge in [-0.3, -0.25) is 4.39 Å². The van der Waals surface area contributed by atoms with E-state index in [0.29, 0.717) is 32.9 Å². The predicted molar refractivity (Wildman–Crippen MR) is 218 cm³/mol. The van der Waals surface area contributed by atoms with Gasteiger partial charge in [0.05, 0.1) is 7.18 Å². The molecular formula is C41H51FO8Si4. The number of rotatable bonds is 0. The third kappa shape index (κ3) is 6.11. The van der Waals surface area contributed by atoms with Gasteiger partial charge in [0, 0.05) is 100 Å². The van der Waals surface area contributed by atoms with Gasteiger partial charge in [-0.25, -0.2) is 0 Å². The normalized spacial score (nSPS) is 19.3. The second kappa shape index (κ2) is 12.3. The first-order valence-corrected chi connectivity index (χ1v) is 30.0. The molecule has 0 saturated carbocycles. The maximum Gasteiger partial charge on any atom is 0.454 e. The number of hydrogen-bond donors (Lipinski definition) is 0. The lowest BCUT2D eigenvalue weighted by molar-refractivity contribution is 0.363. The molecule has 4 aromatic carbocycles. The highest BCUT2D eigenvalue weighted by atomic mass is 28.4. The average Bonchev–Trinajstić information content (AvgIpc) is 3.06. The summed E-state index contributed by atoms with van der Waals surface area (Å²) < 4.78 is 65.3. The van der Waals surface area contributed by atoms with Gasteiger partial charge in [0.15, 0.2) is 0 Å². The zero-order chi connectivity index (χ0) is 38.9. The van der Waals surface area contributed by atoms with Gasteiger partial charge in [-0.2, -0.15) is 0 Å². The highest BCUT2D eigenvalue weighted by Gasteiger charge is 2.43. The molecule has 0 fully saturated rings. The number of hydrogen-bond acceptors (Lipinski definition) is 8. The number of alkyl halides is 1. The molecule has 9 rings (SSSR count). The fraction of sp³-hybridized carbons (Fsp3) is 0.415. The van der Waals surface area contributed by atoms with E-state index >= 15 is 0 Å². The molecule has 5 aliphatic rings. The maximum atomic E-state index is 9.50. The summed E-state index contributed by atoms with van der Waals surface area (Å²) in [6, 6.07) is 9.29. The molecule has 0 atom stereocenters. The van der Waals surface area contributed by atoms with E-state index in [1.165, 1.54) is 0 Å². The van der Waals surface area contributed by atoms with Gasteiger partial charge in [0.2, 0.25) is 0 Å². The summed E-state index contributed by atoms with van der Waals surface area (Å²) in [5.74, 6) is 6.91. The Morgan fingerprint density at radius 3 is 0.574 bits per heavy atom. The van der Waals surface area contributed by atoms with Crippen LogP contribution in [0.25, 0.3) is 0 Å². The average molecular weight is 803 g/mol. The second-order valence-electron chi connectivity index (χ2n) is 17.0. The van der Waals surface area contributed by atoms with Crippen LogP contribution in [0.5, 0.6) is 46.0 Å². The molecule has 4 aromatic rings. The molecule has 286 valence electrons. The van der Waals surface area contributed by atoms with Gasteiger partial charge in [-0.05, 0) is 96.5 Å². The number of halogens is 1. The van der Waals surface area contributed by atoms with Crippen LogP contribution in [0, 0.1) is 27.7 Å².